The quantitative estimate of drug-likeness (QED) is 0.570. The van der Waals surface area contributed by atoms with Gasteiger partial charge in [0.05, 0.1) is 0 Å². The first-order chi connectivity index (χ1) is 7.09. The molecular weight excluding hydrogens is 230 g/mol. The molecule has 0 radical (unpaired) electrons. The third-order valence-corrected chi connectivity index (χ3v) is 2.20. The molecule has 2 amide bonds. The van der Waals surface area contributed by atoms with Crippen molar-refractivity contribution in [3.05, 3.63) is 0 Å². The number of halogens is 1. The summed E-state index contributed by atoms with van der Waals surface area (Å²) in [6, 6.07) is -0.119. The molecule has 0 saturated heterocycles. The third-order valence-electron chi connectivity index (χ3n) is 2.20. The zero-order valence-electron chi connectivity index (χ0n) is 9.49. The molecule has 0 spiro atoms. The first-order valence-electron chi connectivity index (χ1n) is 5.39. The second-order valence-electron chi connectivity index (χ2n) is 4.10. The predicted octanol–water partition coefficient (Wildman–Crippen LogP) is -0.212. The summed E-state index contributed by atoms with van der Waals surface area (Å²) in [6.45, 7) is 2.76. The molecule has 1 saturated carbocycles. The topological polar surface area (TPSA) is 84.2 Å². The lowest BCUT2D eigenvalue weighted by molar-refractivity contribution is -0.123. The molecule has 0 aromatic carbocycles. The Morgan fingerprint density at radius 2 is 1.88 bits per heavy atom. The lowest BCUT2D eigenvalue weighted by Gasteiger charge is -2.07. The molecular formula is C10H20ClN3O2. The molecule has 1 aliphatic rings. The summed E-state index contributed by atoms with van der Waals surface area (Å²) in [5.74, 6) is 0.270. The summed E-state index contributed by atoms with van der Waals surface area (Å²) < 4.78 is 0. The summed E-state index contributed by atoms with van der Waals surface area (Å²) >= 11 is 0. The van der Waals surface area contributed by atoms with Crippen LogP contribution < -0.4 is 16.4 Å². The fraction of sp³-hybridized carbons (Fsp3) is 0.800. The van der Waals surface area contributed by atoms with Gasteiger partial charge in [-0.15, -0.1) is 12.4 Å². The van der Waals surface area contributed by atoms with E-state index in [9.17, 15) is 9.59 Å². The maximum Gasteiger partial charge on any atom is 0.223 e. The van der Waals surface area contributed by atoms with Gasteiger partial charge in [-0.3, -0.25) is 9.59 Å². The Balaban J connectivity index is 0.00000225. The first-order valence-corrected chi connectivity index (χ1v) is 5.39. The van der Waals surface area contributed by atoms with Crippen LogP contribution in [0.5, 0.6) is 0 Å². The minimum Gasteiger partial charge on any atom is -0.354 e. The van der Waals surface area contributed by atoms with Gasteiger partial charge in [-0.2, -0.15) is 0 Å². The van der Waals surface area contributed by atoms with E-state index in [1.54, 1.807) is 6.92 Å². The van der Waals surface area contributed by atoms with Crippen molar-refractivity contribution >= 4 is 24.2 Å². The molecule has 1 rings (SSSR count). The highest BCUT2D eigenvalue weighted by Gasteiger charge is 2.28. The molecule has 1 atom stereocenters. The smallest absolute Gasteiger partial charge is 0.223 e. The molecule has 5 nitrogen and oxygen atoms in total. The number of carbonyl (C=O) groups excluding carboxylic acids is 2. The SMILES string of the molecule is CC(N)CC(=O)NCCNC(=O)C1CC1.Cl. The van der Waals surface area contributed by atoms with Crippen LogP contribution in [0, 0.1) is 5.92 Å². The maximum atomic E-state index is 11.2. The molecule has 0 bridgehead atoms. The summed E-state index contributed by atoms with van der Waals surface area (Å²) in [4.78, 5) is 22.3. The third kappa shape index (κ3) is 6.63. The van der Waals surface area contributed by atoms with E-state index in [1.807, 2.05) is 0 Å². The van der Waals surface area contributed by atoms with E-state index < -0.39 is 0 Å². The minimum atomic E-state index is -0.119. The molecule has 1 unspecified atom stereocenters. The normalized spacial score (nSPS) is 15.9. The van der Waals surface area contributed by atoms with E-state index in [-0.39, 0.29) is 36.2 Å². The molecule has 0 aliphatic heterocycles. The van der Waals surface area contributed by atoms with E-state index in [4.69, 9.17) is 5.73 Å². The number of hydrogen-bond donors (Lipinski definition) is 3. The highest BCUT2D eigenvalue weighted by molar-refractivity contribution is 5.85. The van der Waals surface area contributed by atoms with Gasteiger partial charge in [0, 0.05) is 31.5 Å². The lowest BCUT2D eigenvalue weighted by Crippen LogP contribution is -2.37. The fourth-order valence-corrected chi connectivity index (χ4v) is 1.24. The van der Waals surface area contributed by atoms with Crippen LogP contribution in [-0.4, -0.2) is 30.9 Å². The summed E-state index contributed by atoms with van der Waals surface area (Å²) in [5, 5.41) is 5.46. The van der Waals surface area contributed by atoms with Crippen molar-refractivity contribution in [2.45, 2.75) is 32.2 Å². The highest BCUT2D eigenvalue weighted by atomic mass is 35.5. The summed E-state index contributed by atoms with van der Waals surface area (Å²) in [5.41, 5.74) is 5.46. The van der Waals surface area contributed by atoms with Crippen molar-refractivity contribution in [3.63, 3.8) is 0 Å². The van der Waals surface area contributed by atoms with Crippen molar-refractivity contribution in [2.75, 3.05) is 13.1 Å². The maximum absolute atomic E-state index is 11.2. The van der Waals surface area contributed by atoms with Crippen LogP contribution in [0.1, 0.15) is 26.2 Å². The Morgan fingerprint density at radius 1 is 1.31 bits per heavy atom. The van der Waals surface area contributed by atoms with Crippen LogP contribution in [0.4, 0.5) is 0 Å². The zero-order chi connectivity index (χ0) is 11.3. The van der Waals surface area contributed by atoms with E-state index in [0.29, 0.717) is 19.5 Å². The first kappa shape index (κ1) is 15.2. The van der Waals surface area contributed by atoms with Crippen LogP contribution in [0.15, 0.2) is 0 Å². The van der Waals surface area contributed by atoms with Gasteiger partial charge in [0.2, 0.25) is 11.8 Å². The van der Waals surface area contributed by atoms with Gasteiger partial charge in [0.1, 0.15) is 0 Å². The average Bonchev–Trinajstić information content (AvgIpc) is 2.93. The standard InChI is InChI=1S/C10H19N3O2.ClH/c1-7(11)6-9(14)12-4-5-13-10(15)8-2-3-8;/h7-8H,2-6,11H2,1H3,(H,12,14)(H,13,15);1H. The van der Waals surface area contributed by atoms with Crippen molar-refractivity contribution in [2.24, 2.45) is 11.7 Å². The Hall–Kier alpha value is -0.810. The molecule has 94 valence electrons. The van der Waals surface area contributed by atoms with Crippen molar-refractivity contribution < 1.29 is 9.59 Å². The molecule has 16 heavy (non-hydrogen) atoms. The van der Waals surface area contributed by atoms with Gasteiger partial charge >= 0.3 is 0 Å². The van der Waals surface area contributed by atoms with Gasteiger partial charge in [-0.1, -0.05) is 0 Å². The van der Waals surface area contributed by atoms with E-state index >= 15 is 0 Å². The molecule has 6 heteroatoms. The number of rotatable bonds is 6. The van der Waals surface area contributed by atoms with Crippen LogP contribution in [0.2, 0.25) is 0 Å². The van der Waals surface area contributed by atoms with Crippen LogP contribution in [-0.2, 0) is 9.59 Å². The van der Waals surface area contributed by atoms with E-state index in [1.165, 1.54) is 0 Å². The predicted molar refractivity (Wildman–Crippen MR) is 64.3 cm³/mol. The van der Waals surface area contributed by atoms with Crippen LogP contribution >= 0.6 is 12.4 Å². The van der Waals surface area contributed by atoms with Gasteiger partial charge in [0.25, 0.3) is 0 Å². The Morgan fingerprint density at radius 3 is 2.38 bits per heavy atom. The largest absolute Gasteiger partial charge is 0.354 e. The number of carbonyl (C=O) groups is 2. The molecule has 1 aliphatic carbocycles. The summed E-state index contributed by atoms with van der Waals surface area (Å²) in [6.07, 6.45) is 2.34. The van der Waals surface area contributed by atoms with E-state index in [2.05, 4.69) is 10.6 Å². The highest BCUT2D eigenvalue weighted by Crippen LogP contribution is 2.28. The van der Waals surface area contributed by atoms with Gasteiger partial charge < -0.3 is 16.4 Å². The van der Waals surface area contributed by atoms with Crippen molar-refractivity contribution in [3.8, 4) is 0 Å². The second-order valence-corrected chi connectivity index (χ2v) is 4.10. The Bertz CT molecular complexity index is 242. The number of nitrogens with one attached hydrogen (secondary N) is 2. The molecule has 0 aromatic heterocycles. The second kappa shape index (κ2) is 7.46. The van der Waals surface area contributed by atoms with Gasteiger partial charge in [-0.05, 0) is 19.8 Å². The monoisotopic (exact) mass is 249 g/mol. The van der Waals surface area contributed by atoms with E-state index in [0.717, 1.165) is 12.8 Å². The lowest BCUT2D eigenvalue weighted by atomic mass is 10.2. The molecule has 4 N–H and O–H groups in total. The minimum absolute atomic E-state index is 0. The van der Waals surface area contributed by atoms with Crippen LogP contribution in [0.3, 0.4) is 0 Å². The Kier molecular flexibility index (Phi) is 7.08. The van der Waals surface area contributed by atoms with Crippen molar-refractivity contribution in [1.82, 2.24) is 10.6 Å². The average molecular weight is 250 g/mol. The summed E-state index contributed by atoms with van der Waals surface area (Å²) in [7, 11) is 0. The van der Waals surface area contributed by atoms with Gasteiger partial charge in [-0.25, -0.2) is 0 Å². The molecule has 0 aromatic rings. The van der Waals surface area contributed by atoms with Crippen molar-refractivity contribution in [1.29, 1.82) is 0 Å². The number of nitrogens with two attached hydrogens (primary N) is 1. The molecule has 0 heterocycles. The zero-order valence-corrected chi connectivity index (χ0v) is 10.3. The van der Waals surface area contributed by atoms with Crippen LogP contribution in [0.25, 0.3) is 0 Å². The number of hydrogen-bond acceptors (Lipinski definition) is 3. The number of amides is 2. The molecule has 1 fully saturated rings. The fourth-order valence-electron chi connectivity index (χ4n) is 1.24. The van der Waals surface area contributed by atoms with Gasteiger partial charge in [0.15, 0.2) is 0 Å². The Labute approximate surface area is 102 Å².